The van der Waals surface area contributed by atoms with Gasteiger partial charge in [-0.3, -0.25) is 9.52 Å². The van der Waals surface area contributed by atoms with Crippen molar-refractivity contribution in [3.8, 4) is 0 Å². The Morgan fingerprint density at radius 2 is 1.80 bits per heavy atom. The maximum Gasteiger partial charge on any atom is 0.253 e. The van der Waals surface area contributed by atoms with Gasteiger partial charge in [0.1, 0.15) is 0 Å². The monoisotopic (exact) mass is 398 g/mol. The predicted octanol–water partition coefficient (Wildman–Crippen LogP) is 3.37. The van der Waals surface area contributed by atoms with E-state index in [1.165, 1.54) is 5.56 Å². The van der Waals surface area contributed by atoms with Gasteiger partial charge in [-0.25, -0.2) is 8.42 Å². The zero-order valence-corrected chi connectivity index (χ0v) is 16.0. The van der Waals surface area contributed by atoms with Crippen LogP contribution in [0.4, 0.5) is 5.69 Å². The number of anilines is 1. The number of carbonyl (C=O) groups is 1. The summed E-state index contributed by atoms with van der Waals surface area (Å²) in [5.41, 5.74) is 1.75. The summed E-state index contributed by atoms with van der Waals surface area (Å²) in [5.74, 6) is 1.27. The Kier molecular flexibility index (Phi) is 7.16. The predicted molar refractivity (Wildman–Crippen MR) is 105 cm³/mol. The Labute approximate surface area is 157 Å². The largest absolute Gasteiger partial charge is 0.351 e. The smallest absolute Gasteiger partial charge is 0.253 e. The summed E-state index contributed by atoms with van der Waals surface area (Å²) in [7, 11) is -3.44. The molecule has 0 aliphatic heterocycles. The quantitative estimate of drug-likeness (QED) is 0.668. The van der Waals surface area contributed by atoms with Crippen molar-refractivity contribution in [2.24, 2.45) is 0 Å². The van der Waals surface area contributed by atoms with Crippen LogP contribution in [0.25, 0.3) is 0 Å². The summed E-state index contributed by atoms with van der Waals surface area (Å²) in [6.07, 6.45) is 1.05. The lowest BCUT2D eigenvalue weighted by Gasteiger charge is -2.11. The third-order valence-electron chi connectivity index (χ3n) is 3.18. The van der Waals surface area contributed by atoms with Crippen molar-refractivity contribution in [3.05, 3.63) is 64.7 Å². The molecule has 0 aromatic heterocycles. The molecule has 0 fully saturated rings. The first kappa shape index (κ1) is 19.6. The second-order valence-electron chi connectivity index (χ2n) is 5.35. The zero-order chi connectivity index (χ0) is 18.3. The van der Waals surface area contributed by atoms with E-state index >= 15 is 0 Å². The van der Waals surface area contributed by atoms with Crippen molar-refractivity contribution in [2.45, 2.75) is 5.75 Å². The van der Waals surface area contributed by atoms with Crippen LogP contribution < -0.4 is 10.0 Å². The van der Waals surface area contributed by atoms with Crippen LogP contribution in [0, 0.1) is 0 Å². The molecule has 0 unspecified atom stereocenters. The van der Waals surface area contributed by atoms with E-state index in [0.717, 1.165) is 17.8 Å². The highest BCUT2D eigenvalue weighted by atomic mass is 35.5. The minimum atomic E-state index is -3.44. The minimum absolute atomic E-state index is 0.274. The zero-order valence-electron chi connectivity index (χ0n) is 13.7. The van der Waals surface area contributed by atoms with E-state index in [2.05, 4.69) is 10.0 Å². The molecule has 0 radical (unpaired) electrons. The van der Waals surface area contributed by atoms with Gasteiger partial charge in [0.2, 0.25) is 10.0 Å². The van der Waals surface area contributed by atoms with Gasteiger partial charge in [0.25, 0.3) is 5.91 Å². The van der Waals surface area contributed by atoms with Crippen LogP contribution in [-0.2, 0) is 15.8 Å². The first-order valence-corrected chi connectivity index (χ1v) is 10.9. The van der Waals surface area contributed by atoms with E-state index in [9.17, 15) is 13.2 Å². The molecule has 0 aliphatic carbocycles. The fourth-order valence-electron chi connectivity index (χ4n) is 2.07. The minimum Gasteiger partial charge on any atom is -0.351 e. The molecule has 2 aromatic carbocycles. The lowest BCUT2D eigenvalue weighted by atomic mass is 10.2. The van der Waals surface area contributed by atoms with Crippen LogP contribution in [-0.4, -0.2) is 32.9 Å². The van der Waals surface area contributed by atoms with E-state index in [4.69, 9.17) is 11.6 Å². The first-order chi connectivity index (χ1) is 11.8. The number of nitrogens with one attached hydrogen (secondary N) is 2. The van der Waals surface area contributed by atoms with E-state index in [1.807, 2.05) is 24.3 Å². The van der Waals surface area contributed by atoms with Gasteiger partial charge in [-0.1, -0.05) is 35.9 Å². The third kappa shape index (κ3) is 6.97. The second-order valence-corrected chi connectivity index (χ2v) is 8.64. The molecular weight excluding hydrogens is 380 g/mol. The third-order valence-corrected chi connectivity index (χ3v) is 5.05. The summed E-state index contributed by atoms with van der Waals surface area (Å²) < 4.78 is 25.1. The number of amides is 1. The van der Waals surface area contributed by atoms with E-state index in [1.54, 1.807) is 36.0 Å². The number of thioether (sulfide) groups is 1. The lowest BCUT2D eigenvalue weighted by Crippen LogP contribution is -2.27. The summed E-state index contributed by atoms with van der Waals surface area (Å²) in [5, 5.41) is 3.52. The van der Waals surface area contributed by atoms with Crippen LogP contribution in [0.2, 0.25) is 5.02 Å². The molecule has 2 rings (SSSR count). The van der Waals surface area contributed by atoms with Gasteiger partial charge in [0.15, 0.2) is 0 Å². The topological polar surface area (TPSA) is 75.3 Å². The van der Waals surface area contributed by atoms with Crippen LogP contribution in [0.3, 0.4) is 0 Å². The van der Waals surface area contributed by atoms with Crippen molar-refractivity contribution >= 4 is 45.0 Å². The highest BCUT2D eigenvalue weighted by Crippen LogP contribution is 2.17. The van der Waals surface area contributed by atoms with Gasteiger partial charge >= 0.3 is 0 Å². The van der Waals surface area contributed by atoms with Gasteiger partial charge in [-0.05, 0) is 29.8 Å². The Morgan fingerprint density at radius 3 is 2.48 bits per heavy atom. The van der Waals surface area contributed by atoms with Crippen LogP contribution >= 0.6 is 23.4 Å². The first-order valence-electron chi connectivity index (χ1n) is 7.52. The van der Waals surface area contributed by atoms with E-state index in [0.29, 0.717) is 17.1 Å². The maximum absolute atomic E-state index is 12.3. The fourth-order valence-corrected chi connectivity index (χ4v) is 3.59. The van der Waals surface area contributed by atoms with E-state index < -0.39 is 10.0 Å². The van der Waals surface area contributed by atoms with Crippen LogP contribution in [0.15, 0.2) is 48.5 Å². The molecule has 0 atom stereocenters. The van der Waals surface area contributed by atoms with Gasteiger partial charge in [-0.15, -0.1) is 0 Å². The van der Waals surface area contributed by atoms with Crippen molar-refractivity contribution in [2.75, 3.05) is 23.3 Å². The molecular formula is C17H19ClN2O3S2. The van der Waals surface area contributed by atoms with Crippen LogP contribution in [0.1, 0.15) is 15.9 Å². The number of hydrogen-bond acceptors (Lipinski definition) is 4. The molecule has 0 aliphatic rings. The Bertz CT molecular complexity index is 824. The van der Waals surface area contributed by atoms with E-state index in [-0.39, 0.29) is 11.6 Å². The Morgan fingerprint density at radius 1 is 1.12 bits per heavy atom. The van der Waals surface area contributed by atoms with Crippen molar-refractivity contribution in [1.82, 2.24) is 5.32 Å². The molecule has 8 heteroatoms. The molecule has 134 valence electrons. The van der Waals surface area contributed by atoms with Gasteiger partial charge < -0.3 is 5.32 Å². The molecule has 2 aromatic rings. The number of hydrogen-bond donors (Lipinski definition) is 2. The standard InChI is InChI=1S/C17H19ClN2O3S2/c1-25(22,23)20-16-5-3-2-4-15(16)17(21)19-10-11-24-12-13-6-8-14(18)9-7-13/h2-9,20H,10-12H2,1H3,(H,19,21). The lowest BCUT2D eigenvalue weighted by molar-refractivity contribution is 0.0957. The van der Waals surface area contributed by atoms with Crippen molar-refractivity contribution in [1.29, 1.82) is 0 Å². The second kappa shape index (κ2) is 9.12. The van der Waals surface area contributed by atoms with Crippen molar-refractivity contribution < 1.29 is 13.2 Å². The summed E-state index contributed by atoms with van der Waals surface area (Å²) in [6.45, 7) is 0.490. The highest BCUT2D eigenvalue weighted by Gasteiger charge is 2.13. The molecule has 1 amide bonds. The van der Waals surface area contributed by atoms with Gasteiger partial charge in [-0.2, -0.15) is 11.8 Å². The maximum atomic E-state index is 12.3. The average Bonchev–Trinajstić information content (AvgIpc) is 2.55. The number of benzene rings is 2. The Hall–Kier alpha value is -1.70. The summed E-state index contributed by atoms with van der Waals surface area (Å²) in [6, 6.07) is 14.2. The average molecular weight is 399 g/mol. The number of rotatable bonds is 8. The number of carbonyl (C=O) groups excluding carboxylic acids is 1. The molecule has 0 saturated carbocycles. The molecule has 0 bridgehead atoms. The normalized spacial score (nSPS) is 11.1. The Balaban J connectivity index is 1.81. The molecule has 25 heavy (non-hydrogen) atoms. The molecule has 0 spiro atoms. The molecule has 0 saturated heterocycles. The summed E-state index contributed by atoms with van der Waals surface area (Å²) >= 11 is 7.54. The summed E-state index contributed by atoms with van der Waals surface area (Å²) in [4.78, 5) is 12.3. The molecule has 0 heterocycles. The van der Waals surface area contributed by atoms with Gasteiger partial charge in [0, 0.05) is 23.1 Å². The number of sulfonamides is 1. The fraction of sp³-hybridized carbons (Fsp3) is 0.235. The molecule has 2 N–H and O–H groups in total. The number of para-hydroxylation sites is 1. The number of halogens is 1. The molecule has 5 nitrogen and oxygen atoms in total. The van der Waals surface area contributed by atoms with Crippen molar-refractivity contribution in [3.63, 3.8) is 0 Å². The van der Waals surface area contributed by atoms with Crippen LogP contribution in [0.5, 0.6) is 0 Å². The van der Waals surface area contributed by atoms with Gasteiger partial charge in [0.05, 0.1) is 17.5 Å². The highest BCUT2D eigenvalue weighted by molar-refractivity contribution is 7.98. The SMILES string of the molecule is CS(=O)(=O)Nc1ccccc1C(=O)NCCSCc1ccc(Cl)cc1.